The Bertz CT molecular complexity index is 528. The molecule has 1 N–H and O–H groups in total. The fraction of sp³-hybridized carbons (Fsp3) is 0.650. The van der Waals surface area contributed by atoms with Crippen LogP contribution in [0.5, 0.6) is 0 Å². The summed E-state index contributed by atoms with van der Waals surface area (Å²) in [6.45, 7) is 12.2. The molecule has 1 aromatic rings. The Morgan fingerprint density at radius 2 is 1.83 bits per heavy atom. The summed E-state index contributed by atoms with van der Waals surface area (Å²) in [6, 6.07) is 9.73. The first-order chi connectivity index (χ1) is 11.3. The lowest BCUT2D eigenvalue weighted by atomic mass is 9.92. The monoisotopic (exact) mass is 348 g/mol. The summed E-state index contributed by atoms with van der Waals surface area (Å²) in [5.41, 5.74) is 1.06. The number of carbonyl (C=O) groups excluding carboxylic acids is 1. The Hall–Kier alpha value is -1.00. The van der Waals surface area contributed by atoms with Gasteiger partial charge in [-0.15, -0.1) is 11.8 Å². The van der Waals surface area contributed by atoms with E-state index < -0.39 is 0 Å². The van der Waals surface area contributed by atoms with Crippen LogP contribution >= 0.6 is 11.8 Å². The van der Waals surface area contributed by atoms with Gasteiger partial charge in [0.25, 0.3) is 0 Å². The normalized spacial score (nSPS) is 17.8. The van der Waals surface area contributed by atoms with Gasteiger partial charge in [-0.1, -0.05) is 39.8 Å². The molecule has 0 aromatic heterocycles. The lowest BCUT2D eigenvalue weighted by Gasteiger charge is -2.37. The van der Waals surface area contributed by atoms with Gasteiger partial charge in [0.05, 0.1) is 0 Å². The molecule has 0 bridgehead atoms. The molecule has 1 amide bonds. The van der Waals surface area contributed by atoms with Gasteiger partial charge in [0, 0.05) is 35.5 Å². The number of likely N-dealkylation sites (tertiary alicyclic amines) is 1. The van der Waals surface area contributed by atoms with Crippen LogP contribution < -0.4 is 5.32 Å². The van der Waals surface area contributed by atoms with Crippen molar-refractivity contribution in [3.8, 4) is 0 Å². The van der Waals surface area contributed by atoms with E-state index in [0.29, 0.717) is 12.1 Å². The maximum Gasteiger partial charge on any atom is 0.227 e. The Kier molecular flexibility index (Phi) is 6.76. The van der Waals surface area contributed by atoms with Gasteiger partial charge in [-0.3, -0.25) is 4.79 Å². The van der Waals surface area contributed by atoms with Crippen molar-refractivity contribution in [2.24, 2.45) is 5.41 Å². The van der Waals surface area contributed by atoms with E-state index in [-0.39, 0.29) is 11.3 Å². The average Bonchev–Trinajstić information content (AvgIpc) is 2.55. The van der Waals surface area contributed by atoms with E-state index in [1.54, 1.807) is 0 Å². The third-order valence-electron chi connectivity index (χ3n) is 4.60. The minimum Gasteiger partial charge on any atom is -0.342 e. The molecule has 2 rings (SSSR count). The number of thioether (sulfide) groups is 1. The molecule has 0 radical (unpaired) electrons. The van der Waals surface area contributed by atoms with E-state index in [9.17, 15) is 4.79 Å². The van der Waals surface area contributed by atoms with Gasteiger partial charge in [-0.05, 0) is 43.2 Å². The lowest BCUT2D eigenvalue weighted by Crippen LogP contribution is -2.48. The van der Waals surface area contributed by atoms with E-state index in [1.807, 2.05) is 37.4 Å². The quantitative estimate of drug-likeness (QED) is 0.796. The minimum atomic E-state index is -0.272. The van der Waals surface area contributed by atoms with Crippen LogP contribution in [-0.4, -0.2) is 35.7 Å². The van der Waals surface area contributed by atoms with Gasteiger partial charge in [0.15, 0.2) is 0 Å². The summed E-state index contributed by atoms with van der Waals surface area (Å²) < 4.78 is 0. The van der Waals surface area contributed by atoms with Crippen molar-refractivity contribution in [3.63, 3.8) is 0 Å². The first-order valence-corrected chi connectivity index (χ1v) is 10.1. The topological polar surface area (TPSA) is 32.3 Å². The second-order valence-electron chi connectivity index (χ2n) is 7.71. The van der Waals surface area contributed by atoms with Crippen molar-refractivity contribution >= 4 is 17.7 Å². The molecular weight excluding hydrogens is 316 g/mol. The van der Waals surface area contributed by atoms with E-state index in [1.165, 1.54) is 10.5 Å². The van der Waals surface area contributed by atoms with Crippen LogP contribution in [0.1, 0.15) is 59.1 Å². The van der Waals surface area contributed by atoms with Crippen molar-refractivity contribution in [1.82, 2.24) is 10.2 Å². The Morgan fingerprint density at radius 3 is 2.33 bits per heavy atom. The molecule has 1 aromatic carbocycles. The zero-order valence-electron chi connectivity index (χ0n) is 15.8. The SMILES string of the molecule is CCSc1ccc(C(C)NC2CCN(C(=O)C(C)(C)C)CC2)cc1. The van der Waals surface area contributed by atoms with Crippen molar-refractivity contribution in [1.29, 1.82) is 0 Å². The largest absolute Gasteiger partial charge is 0.342 e. The first-order valence-electron chi connectivity index (χ1n) is 9.09. The average molecular weight is 349 g/mol. The number of hydrogen-bond acceptors (Lipinski definition) is 3. The Labute approximate surface area is 151 Å². The summed E-state index contributed by atoms with van der Waals surface area (Å²) in [5, 5.41) is 3.74. The molecule has 1 heterocycles. The smallest absolute Gasteiger partial charge is 0.227 e. The lowest BCUT2D eigenvalue weighted by molar-refractivity contribution is -0.140. The summed E-state index contributed by atoms with van der Waals surface area (Å²) in [6.07, 6.45) is 2.08. The fourth-order valence-electron chi connectivity index (χ4n) is 3.19. The van der Waals surface area contributed by atoms with Gasteiger partial charge in [-0.2, -0.15) is 0 Å². The van der Waals surface area contributed by atoms with Crippen LogP contribution in [0.4, 0.5) is 0 Å². The molecule has 1 aliphatic heterocycles. The number of benzene rings is 1. The standard InChI is InChI=1S/C20H32N2OS/c1-6-24-18-9-7-16(8-10-18)15(2)21-17-11-13-22(14-12-17)19(23)20(3,4)5/h7-10,15,17,21H,6,11-14H2,1-5H3. The Balaban J connectivity index is 1.83. The second-order valence-corrected chi connectivity index (χ2v) is 9.04. The van der Waals surface area contributed by atoms with E-state index >= 15 is 0 Å². The van der Waals surface area contributed by atoms with Gasteiger partial charge in [0.1, 0.15) is 0 Å². The number of rotatable bonds is 5. The highest BCUT2D eigenvalue weighted by Gasteiger charge is 2.30. The molecule has 0 saturated carbocycles. The van der Waals surface area contributed by atoms with E-state index in [2.05, 4.69) is 43.4 Å². The molecule has 0 spiro atoms. The third-order valence-corrected chi connectivity index (χ3v) is 5.49. The third kappa shape index (κ3) is 5.25. The summed E-state index contributed by atoms with van der Waals surface area (Å²) >= 11 is 1.88. The number of nitrogens with one attached hydrogen (secondary N) is 1. The molecule has 1 fully saturated rings. The van der Waals surface area contributed by atoms with E-state index in [4.69, 9.17) is 0 Å². The number of piperidine rings is 1. The molecule has 1 aliphatic rings. The maximum atomic E-state index is 12.4. The second kappa shape index (κ2) is 8.39. The van der Waals surface area contributed by atoms with Crippen molar-refractivity contribution in [2.45, 2.75) is 64.4 Å². The number of nitrogens with zero attached hydrogens (tertiary/aromatic N) is 1. The number of carbonyl (C=O) groups is 1. The zero-order chi connectivity index (χ0) is 17.7. The summed E-state index contributed by atoms with van der Waals surface area (Å²) in [4.78, 5) is 15.7. The predicted octanol–water partition coefficient (Wildman–Crippen LogP) is 4.49. The van der Waals surface area contributed by atoms with Crippen LogP contribution in [0.25, 0.3) is 0 Å². The minimum absolute atomic E-state index is 0.272. The van der Waals surface area contributed by atoms with Crippen molar-refractivity contribution < 1.29 is 4.79 Å². The van der Waals surface area contributed by atoms with Crippen molar-refractivity contribution in [3.05, 3.63) is 29.8 Å². The van der Waals surface area contributed by atoms with Crippen LogP contribution in [-0.2, 0) is 4.79 Å². The van der Waals surface area contributed by atoms with E-state index in [0.717, 1.165) is 31.7 Å². The van der Waals surface area contributed by atoms with Crippen LogP contribution in [0.15, 0.2) is 29.2 Å². The van der Waals surface area contributed by atoms with Crippen LogP contribution in [0, 0.1) is 5.41 Å². The maximum absolute atomic E-state index is 12.4. The molecule has 1 unspecified atom stereocenters. The molecule has 1 atom stereocenters. The van der Waals surface area contributed by atoms with Gasteiger partial charge < -0.3 is 10.2 Å². The number of amides is 1. The molecule has 4 heteroatoms. The van der Waals surface area contributed by atoms with Gasteiger partial charge in [-0.25, -0.2) is 0 Å². The molecule has 134 valence electrons. The highest BCUT2D eigenvalue weighted by Crippen LogP contribution is 2.24. The molecule has 0 aliphatic carbocycles. The zero-order valence-corrected chi connectivity index (χ0v) is 16.6. The highest BCUT2D eigenvalue weighted by atomic mass is 32.2. The van der Waals surface area contributed by atoms with Crippen LogP contribution in [0.3, 0.4) is 0 Å². The molecule has 1 saturated heterocycles. The Morgan fingerprint density at radius 1 is 1.25 bits per heavy atom. The predicted molar refractivity (Wildman–Crippen MR) is 103 cm³/mol. The van der Waals surface area contributed by atoms with Crippen LogP contribution in [0.2, 0.25) is 0 Å². The van der Waals surface area contributed by atoms with Gasteiger partial charge >= 0.3 is 0 Å². The molecule has 3 nitrogen and oxygen atoms in total. The summed E-state index contributed by atoms with van der Waals surface area (Å²) in [5.74, 6) is 1.39. The fourth-order valence-corrected chi connectivity index (χ4v) is 3.85. The van der Waals surface area contributed by atoms with Gasteiger partial charge in [0.2, 0.25) is 5.91 Å². The number of hydrogen-bond donors (Lipinski definition) is 1. The summed E-state index contributed by atoms with van der Waals surface area (Å²) in [7, 11) is 0. The van der Waals surface area contributed by atoms with Crippen molar-refractivity contribution in [2.75, 3.05) is 18.8 Å². The molecular formula is C20H32N2OS. The highest BCUT2D eigenvalue weighted by molar-refractivity contribution is 7.99. The first kappa shape index (κ1) is 19.3. The molecule has 24 heavy (non-hydrogen) atoms.